The SMILES string of the molecule is CCCCCC1CCC(C2CCC(O)CC2)CC1.CCCCc1ccc(-c2ccc(O)cc2)cc1.CCCOc1ccc(-c2ccc(O)cc2)c(F)c1F.CCCc1ccc(-c2ccc(-c3ccc(N)cc3)c(F)c2)cc1.CCCc1ccc(-c2ccc(-c3ccc(O)cc3)c(F)c2)cc1. The van der Waals surface area contributed by atoms with Crippen molar-refractivity contribution in [3.8, 4) is 89.8 Å². The zero-order chi connectivity index (χ0) is 71.2. The predicted molar refractivity (Wildman–Crippen MR) is 408 cm³/mol. The number of phenols is 3. The van der Waals surface area contributed by atoms with Crippen LogP contribution in [-0.2, 0) is 19.3 Å². The van der Waals surface area contributed by atoms with E-state index in [0.29, 0.717) is 34.7 Å². The van der Waals surface area contributed by atoms with Crippen LogP contribution in [0.4, 0.5) is 23.2 Å². The Hall–Kier alpha value is -9.12. The van der Waals surface area contributed by atoms with E-state index in [4.69, 9.17) is 10.5 Å². The number of phenolic OH excluding ortho intramolecular Hbond substituents is 3. The highest BCUT2D eigenvalue weighted by Gasteiger charge is 2.30. The third kappa shape index (κ3) is 23.5. The highest BCUT2D eigenvalue weighted by Crippen LogP contribution is 2.42. The lowest BCUT2D eigenvalue weighted by molar-refractivity contribution is 0.0763. The lowest BCUT2D eigenvalue weighted by atomic mass is 9.70. The van der Waals surface area contributed by atoms with Gasteiger partial charge in [-0.3, -0.25) is 0 Å². The Kier molecular flexibility index (Phi) is 30.8. The molecular weight excluding hydrogens is 1250 g/mol. The minimum absolute atomic E-state index is 0.0200. The molecule has 0 radical (unpaired) electrons. The number of aliphatic hydroxyl groups excluding tert-OH is 1. The molecule has 10 aromatic carbocycles. The van der Waals surface area contributed by atoms with Crippen LogP contribution < -0.4 is 10.5 Å². The van der Waals surface area contributed by atoms with Crippen molar-refractivity contribution in [3.63, 3.8) is 0 Å². The Bertz CT molecular complexity index is 3850. The molecule has 6 nitrogen and oxygen atoms in total. The average Bonchev–Trinajstić information content (AvgIpc) is 0.835. The van der Waals surface area contributed by atoms with Gasteiger partial charge in [-0.2, -0.15) is 4.39 Å². The van der Waals surface area contributed by atoms with Crippen molar-refractivity contribution in [2.24, 2.45) is 17.8 Å². The average molecular weight is 1350 g/mol. The van der Waals surface area contributed by atoms with Gasteiger partial charge >= 0.3 is 0 Å². The summed E-state index contributed by atoms with van der Waals surface area (Å²) in [5, 5.41) is 37.3. The van der Waals surface area contributed by atoms with E-state index in [2.05, 4.69) is 88.4 Å². The summed E-state index contributed by atoms with van der Waals surface area (Å²) in [5.41, 5.74) is 19.9. The van der Waals surface area contributed by atoms with Crippen LogP contribution in [0.25, 0.3) is 66.8 Å². The van der Waals surface area contributed by atoms with Crippen molar-refractivity contribution < 1.29 is 42.7 Å². The Morgan fingerprint density at radius 1 is 0.350 bits per heavy atom. The van der Waals surface area contributed by atoms with E-state index >= 15 is 0 Å². The first kappa shape index (κ1) is 76.6. The van der Waals surface area contributed by atoms with Crippen molar-refractivity contribution in [2.45, 2.75) is 169 Å². The molecule has 100 heavy (non-hydrogen) atoms. The molecule has 10 heteroatoms. The molecule has 0 unspecified atom stereocenters. The van der Waals surface area contributed by atoms with Crippen LogP contribution in [0.15, 0.2) is 218 Å². The summed E-state index contributed by atoms with van der Waals surface area (Å²) < 4.78 is 61.8. The summed E-state index contributed by atoms with van der Waals surface area (Å²) in [6.07, 6.45) is 25.2. The second-order valence-electron chi connectivity index (χ2n) is 26.8. The molecular formula is C90H103F4NO5. The maximum absolute atomic E-state index is 14.5. The Morgan fingerprint density at radius 3 is 1.12 bits per heavy atom. The maximum Gasteiger partial charge on any atom is 0.201 e. The van der Waals surface area contributed by atoms with Crippen molar-refractivity contribution >= 4 is 5.69 Å². The quantitative estimate of drug-likeness (QED) is 0.0278. The molecule has 2 aliphatic carbocycles. The van der Waals surface area contributed by atoms with E-state index in [0.717, 1.165) is 108 Å². The van der Waals surface area contributed by atoms with E-state index in [1.807, 2.05) is 61.5 Å². The van der Waals surface area contributed by atoms with Crippen molar-refractivity contribution in [1.82, 2.24) is 0 Å². The van der Waals surface area contributed by atoms with E-state index in [1.54, 1.807) is 66.7 Å². The van der Waals surface area contributed by atoms with Crippen molar-refractivity contribution in [2.75, 3.05) is 12.3 Å². The van der Waals surface area contributed by atoms with Gasteiger partial charge in [0.2, 0.25) is 5.82 Å². The van der Waals surface area contributed by atoms with Crippen LogP contribution in [-0.4, -0.2) is 33.1 Å². The number of nitrogen functional groups attached to an aromatic ring is 1. The summed E-state index contributed by atoms with van der Waals surface area (Å²) in [7, 11) is 0. The van der Waals surface area contributed by atoms with Gasteiger partial charge < -0.3 is 30.9 Å². The number of aromatic hydroxyl groups is 3. The zero-order valence-corrected chi connectivity index (χ0v) is 59.2. The van der Waals surface area contributed by atoms with E-state index in [9.17, 15) is 38.0 Å². The third-order valence-corrected chi connectivity index (χ3v) is 19.2. The van der Waals surface area contributed by atoms with Gasteiger partial charge in [-0.05, 0) is 228 Å². The zero-order valence-electron chi connectivity index (χ0n) is 59.2. The van der Waals surface area contributed by atoms with Crippen molar-refractivity contribution in [3.05, 3.63) is 258 Å². The van der Waals surface area contributed by atoms with Crippen LogP contribution in [0.1, 0.15) is 160 Å². The molecule has 526 valence electrons. The number of benzene rings is 10. The van der Waals surface area contributed by atoms with E-state index in [1.165, 1.54) is 136 Å². The molecule has 0 spiro atoms. The third-order valence-electron chi connectivity index (χ3n) is 19.2. The van der Waals surface area contributed by atoms with Crippen LogP contribution in [0.5, 0.6) is 23.0 Å². The van der Waals surface area contributed by atoms with Gasteiger partial charge in [-0.1, -0.05) is 238 Å². The summed E-state index contributed by atoms with van der Waals surface area (Å²) in [6.45, 7) is 11.1. The number of hydrogen-bond donors (Lipinski definition) is 5. The molecule has 2 fully saturated rings. The van der Waals surface area contributed by atoms with E-state index in [-0.39, 0.29) is 40.6 Å². The standard InChI is InChI=1S/C21H20FN.C21H19FO.C17H32O.C16H18O.C15H14F2O2/c2*1-2-3-15-4-6-16(7-5-15)18-10-13-20(21(22)14-18)17-8-11-19(23)12-9-17;1-2-3-4-5-14-6-8-15(9-7-14)16-10-12-17(18)13-11-16;1-2-3-4-13-5-7-14(8-6-13)15-9-11-16(17)12-10-15;1-2-9-19-13-8-7-12(14(16)15(13)17)10-3-5-11(18)6-4-10/h4-14H,2-3,23H2,1H3;4-14,23H,2-3H2,1H3;14-18H,2-13H2,1H3;5-12,17H,2-4H2,1H3;3-8,18H,2,9H2,1H3. The summed E-state index contributed by atoms with van der Waals surface area (Å²) >= 11 is 0. The number of rotatable bonds is 21. The molecule has 0 saturated heterocycles. The van der Waals surface area contributed by atoms with Crippen LogP contribution in [0, 0.1) is 41.0 Å². The molecule has 12 rings (SSSR count). The normalized spacial score (nSPS) is 15.5. The summed E-state index contributed by atoms with van der Waals surface area (Å²) in [4.78, 5) is 0. The molecule has 10 aromatic rings. The topological polar surface area (TPSA) is 116 Å². The van der Waals surface area contributed by atoms with Gasteiger partial charge in [0.25, 0.3) is 0 Å². The number of nitrogens with two attached hydrogens (primary N) is 1. The fraction of sp³-hybridized carbons (Fsp3) is 0.333. The number of anilines is 1. The highest BCUT2D eigenvalue weighted by atomic mass is 19.2. The lowest BCUT2D eigenvalue weighted by Crippen LogP contribution is -2.27. The molecule has 2 saturated carbocycles. The monoisotopic (exact) mass is 1350 g/mol. The molecule has 0 aromatic heterocycles. The number of hydrogen-bond acceptors (Lipinski definition) is 6. The molecule has 2 aliphatic rings. The van der Waals surface area contributed by atoms with Gasteiger partial charge in [0.05, 0.1) is 12.7 Å². The lowest BCUT2D eigenvalue weighted by Gasteiger charge is -2.37. The predicted octanol–water partition coefficient (Wildman–Crippen LogP) is 25.0. The largest absolute Gasteiger partial charge is 0.508 e. The molecule has 0 bridgehead atoms. The van der Waals surface area contributed by atoms with Gasteiger partial charge in [0.1, 0.15) is 28.9 Å². The smallest absolute Gasteiger partial charge is 0.201 e. The first-order chi connectivity index (χ1) is 48.6. The first-order valence-electron chi connectivity index (χ1n) is 36.5. The van der Waals surface area contributed by atoms with Crippen molar-refractivity contribution in [1.29, 1.82) is 0 Å². The molecule has 0 atom stereocenters. The van der Waals surface area contributed by atoms with Gasteiger partial charge in [0, 0.05) is 22.4 Å². The minimum Gasteiger partial charge on any atom is -0.508 e. The fourth-order valence-electron chi connectivity index (χ4n) is 13.3. The fourth-order valence-corrected chi connectivity index (χ4v) is 13.3. The van der Waals surface area contributed by atoms with Crippen LogP contribution in [0.3, 0.4) is 0 Å². The van der Waals surface area contributed by atoms with Gasteiger partial charge in [-0.15, -0.1) is 0 Å². The molecule has 0 amide bonds. The molecule has 6 N–H and O–H groups in total. The maximum atomic E-state index is 14.5. The summed E-state index contributed by atoms with van der Waals surface area (Å²) in [6, 6.07) is 65.9. The van der Waals surface area contributed by atoms with E-state index < -0.39 is 11.6 Å². The first-order valence-corrected chi connectivity index (χ1v) is 36.5. The van der Waals surface area contributed by atoms with Gasteiger partial charge in [-0.25, -0.2) is 13.2 Å². The molecule has 0 heterocycles. The van der Waals surface area contributed by atoms with Crippen LogP contribution >= 0.6 is 0 Å². The Balaban J connectivity index is 0.000000160. The molecule has 0 aliphatic heterocycles. The minimum atomic E-state index is -0.987. The highest BCUT2D eigenvalue weighted by molar-refractivity contribution is 5.74. The number of ether oxygens (including phenoxy) is 1. The number of unbranched alkanes of at least 4 members (excludes halogenated alkanes) is 3. The second kappa shape index (κ2) is 40.2. The van der Waals surface area contributed by atoms with Crippen LogP contribution in [0.2, 0.25) is 0 Å². The Morgan fingerprint density at radius 2 is 0.710 bits per heavy atom. The summed E-state index contributed by atoms with van der Waals surface area (Å²) in [5.74, 6) is 1.07. The number of halogens is 4. The number of aryl methyl sites for hydroxylation is 3. The Labute approximate surface area is 592 Å². The van der Waals surface area contributed by atoms with Gasteiger partial charge in [0.15, 0.2) is 11.6 Å². The second-order valence-corrected chi connectivity index (χ2v) is 26.8. The number of aliphatic hydroxyl groups is 1.